The highest BCUT2D eigenvalue weighted by Gasteiger charge is 2.20. The molecule has 25 heavy (non-hydrogen) atoms. The third-order valence-electron chi connectivity index (χ3n) is 4.59. The first-order valence-corrected chi connectivity index (χ1v) is 8.67. The number of aryl methyl sites for hydroxylation is 2. The zero-order chi connectivity index (χ0) is 17.2. The number of nitrogens with zero attached hydrogens (tertiary/aromatic N) is 1. The summed E-state index contributed by atoms with van der Waals surface area (Å²) < 4.78 is 5.86. The SMILES string of the molecule is Cc1ccc(-c2cccc(-c3ccc(C)cc3)c2C2=NCCO2)cc1. The van der Waals surface area contributed by atoms with E-state index in [4.69, 9.17) is 4.74 Å². The van der Waals surface area contributed by atoms with Crippen LogP contribution < -0.4 is 0 Å². The summed E-state index contributed by atoms with van der Waals surface area (Å²) in [6.07, 6.45) is 0. The molecule has 0 bridgehead atoms. The van der Waals surface area contributed by atoms with Gasteiger partial charge in [0.1, 0.15) is 6.61 Å². The third-order valence-corrected chi connectivity index (χ3v) is 4.59. The van der Waals surface area contributed by atoms with Crippen LogP contribution >= 0.6 is 0 Å². The van der Waals surface area contributed by atoms with Gasteiger partial charge in [-0.25, -0.2) is 4.99 Å². The molecule has 3 aromatic carbocycles. The van der Waals surface area contributed by atoms with Gasteiger partial charge in [-0.15, -0.1) is 0 Å². The van der Waals surface area contributed by atoms with Crippen LogP contribution in [-0.4, -0.2) is 19.0 Å². The Morgan fingerprint density at radius 2 is 1.24 bits per heavy atom. The molecule has 0 aromatic heterocycles. The van der Waals surface area contributed by atoms with E-state index >= 15 is 0 Å². The van der Waals surface area contributed by atoms with Crippen molar-refractivity contribution in [3.63, 3.8) is 0 Å². The maximum Gasteiger partial charge on any atom is 0.217 e. The van der Waals surface area contributed by atoms with Gasteiger partial charge in [0.05, 0.1) is 12.1 Å². The second kappa shape index (κ2) is 6.56. The van der Waals surface area contributed by atoms with Crippen molar-refractivity contribution in [1.82, 2.24) is 0 Å². The molecule has 0 atom stereocenters. The lowest BCUT2D eigenvalue weighted by molar-refractivity contribution is 0.348. The first-order valence-electron chi connectivity index (χ1n) is 8.67. The van der Waals surface area contributed by atoms with Crippen molar-refractivity contribution in [1.29, 1.82) is 0 Å². The van der Waals surface area contributed by atoms with E-state index in [1.54, 1.807) is 0 Å². The Hall–Kier alpha value is -2.87. The largest absolute Gasteiger partial charge is 0.475 e. The number of hydrogen-bond donors (Lipinski definition) is 0. The van der Waals surface area contributed by atoms with E-state index in [-0.39, 0.29) is 0 Å². The van der Waals surface area contributed by atoms with Crippen molar-refractivity contribution in [2.45, 2.75) is 13.8 Å². The zero-order valence-electron chi connectivity index (χ0n) is 14.6. The van der Waals surface area contributed by atoms with E-state index in [0.29, 0.717) is 6.61 Å². The van der Waals surface area contributed by atoms with E-state index in [1.165, 1.54) is 33.4 Å². The van der Waals surface area contributed by atoms with Crippen molar-refractivity contribution in [2.75, 3.05) is 13.2 Å². The van der Waals surface area contributed by atoms with Gasteiger partial charge in [-0.2, -0.15) is 0 Å². The molecule has 1 aliphatic heterocycles. The van der Waals surface area contributed by atoms with Crippen molar-refractivity contribution in [3.8, 4) is 22.3 Å². The summed E-state index contributed by atoms with van der Waals surface area (Å²) in [7, 11) is 0. The number of rotatable bonds is 3. The summed E-state index contributed by atoms with van der Waals surface area (Å²) in [5.74, 6) is 0.756. The highest BCUT2D eigenvalue weighted by Crippen LogP contribution is 2.34. The maximum atomic E-state index is 5.86. The predicted molar refractivity (Wildman–Crippen MR) is 104 cm³/mol. The molecule has 0 unspecified atom stereocenters. The minimum atomic E-state index is 0.658. The molecule has 2 heteroatoms. The second-order valence-corrected chi connectivity index (χ2v) is 6.50. The minimum absolute atomic E-state index is 0.658. The van der Waals surface area contributed by atoms with Gasteiger partial charge >= 0.3 is 0 Å². The second-order valence-electron chi connectivity index (χ2n) is 6.50. The van der Waals surface area contributed by atoms with Crippen molar-refractivity contribution in [2.24, 2.45) is 4.99 Å². The van der Waals surface area contributed by atoms with Crippen LogP contribution in [0.3, 0.4) is 0 Å². The molecular formula is C23H21NO. The van der Waals surface area contributed by atoms with Crippen LogP contribution in [0.4, 0.5) is 0 Å². The summed E-state index contributed by atoms with van der Waals surface area (Å²) >= 11 is 0. The van der Waals surface area contributed by atoms with Crippen LogP contribution in [0.2, 0.25) is 0 Å². The molecule has 0 aliphatic carbocycles. The van der Waals surface area contributed by atoms with Gasteiger partial charge in [-0.3, -0.25) is 0 Å². The molecule has 0 saturated heterocycles. The molecule has 0 spiro atoms. The van der Waals surface area contributed by atoms with Crippen LogP contribution in [0.25, 0.3) is 22.3 Å². The predicted octanol–water partition coefficient (Wildman–Crippen LogP) is 5.41. The lowest BCUT2D eigenvalue weighted by atomic mass is 9.91. The first kappa shape index (κ1) is 15.6. The fraction of sp³-hybridized carbons (Fsp3) is 0.174. The van der Waals surface area contributed by atoms with E-state index in [0.717, 1.165) is 18.0 Å². The number of hydrogen-bond acceptors (Lipinski definition) is 2. The van der Waals surface area contributed by atoms with Crippen molar-refractivity contribution < 1.29 is 4.74 Å². The van der Waals surface area contributed by atoms with Gasteiger partial charge in [0.2, 0.25) is 5.90 Å². The Kier molecular flexibility index (Phi) is 4.10. The van der Waals surface area contributed by atoms with Gasteiger partial charge in [0, 0.05) is 0 Å². The Labute approximate surface area is 148 Å². The van der Waals surface area contributed by atoms with Gasteiger partial charge in [0.25, 0.3) is 0 Å². The summed E-state index contributed by atoms with van der Waals surface area (Å²) in [6, 6.07) is 23.7. The van der Waals surface area contributed by atoms with Gasteiger partial charge in [0.15, 0.2) is 0 Å². The standard InChI is InChI=1S/C23H21NO/c1-16-6-10-18(11-7-16)20-4-3-5-21(19-12-8-17(2)9-13-19)22(20)23-24-14-15-25-23/h3-13H,14-15H2,1-2H3. The summed E-state index contributed by atoms with van der Waals surface area (Å²) in [4.78, 5) is 4.61. The lowest BCUT2D eigenvalue weighted by Gasteiger charge is -2.15. The van der Waals surface area contributed by atoms with Crippen LogP contribution in [0.1, 0.15) is 16.7 Å². The number of aliphatic imine (C=N–C) groups is 1. The molecule has 0 N–H and O–H groups in total. The topological polar surface area (TPSA) is 21.6 Å². The maximum absolute atomic E-state index is 5.86. The molecule has 0 fully saturated rings. The van der Waals surface area contributed by atoms with Crippen molar-refractivity contribution >= 4 is 5.90 Å². The average molecular weight is 327 g/mol. The van der Waals surface area contributed by atoms with Crippen LogP contribution in [0.5, 0.6) is 0 Å². The fourth-order valence-electron chi connectivity index (χ4n) is 3.22. The van der Waals surface area contributed by atoms with Gasteiger partial charge in [-0.05, 0) is 36.1 Å². The molecule has 4 rings (SSSR count). The van der Waals surface area contributed by atoms with E-state index < -0.39 is 0 Å². The Bertz CT molecular complexity index is 858. The molecule has 0 saturated carbocycles. The number of benzene rings is 3. The highest BCUT2D eigenvalue weighted by atomic mass is 16.5. The van der Waals surface area contributed by atoms with Gasteiger partial charge in [-0.1, -0.05) is 77.9 Å². The monoisotopic (exact) mass is 327 g/mol. The van der Waals surface area contributed by atoms with E-state index in [1.807, 2.05) is 0 Å². The normalized spacial score (nSPS) is 13.4. The average Bonchev–Trinajstić information content (AvgIpc) is 3.17. The molecule has 3 aromatic rings. The fourth-order valence-corrected chi connectivity index (χ4v) is 3.22. The number of ether oxygens (including phenoxy) is 1. The first-order chi connectivity index (χ1) is 12.2. The van der Waals surface area contributed by atoms with Crippen LogP contribution in [0.15, 0.2) is 71.7 Å². The zero-order valence-corrected chi connectivity index (χ0v) is 14.6. The summed E-state index contributed by atoms with van der Waals surface area (Å²) in [6.45, 7) is 5.60. The summed E-state index contributed by atoms with van der Waals surface area (Å²) in [5, 5.41) is 0. The molecule has 1 aliphatic rings. The van der Waals surface area contributed by atoms with E-state index in [2.05, 4.69) is 85.6 Å². The highest BCUT2D eigenvalue weighted by molar-refractivity contribution is 6.07. The molecular weight excluding hydrogens is 306 g/mol. The molecule has 2 nitrogen and oxygen atoms in total. The summed E-state index contributed by atoms with van der Waals surface area (Å²) in [5.41, 5.74) is 8.31. The minimum Gasteiger partial charge on any atom is -0.475 e. The van der Waals surface area contributed by atoms with Crippen molar-refractivity contribution in [3.05, 3.63) is 83.4 Å². The molecule has 124 valence electrons. The van der Waals surface area contributed by atoms with Crippen LogP contribution in [0, 0.1) is 13.8 Å². The van der Waals surface area contributed by atoms with Gasteiger partial charge < -0.3 is 4.74 Å². The smallest absolute Gasteiger partial charge is 0.217 e. The van der Waals surface area contributed by atoms with E-state index in [9.17, 15) is 0 Å². The lowest BCUT2D eigenvalue weighted by Crippen LogP contribution is -2.06. The molecule has 1 heterocycles. The molecule has 0 amide bonds. The Morgan fingerprint density at radius 1 is 0.720 bits per heavy atom. The van der Waals surface area contributed by atoms with Crippen LogP contribution in [-0.2, 0) is 4.74 Å². The Balaban J connectivity index is 1.94. The quantitative estimate of drug-likeness (QED) is 0.630. The molecule has 0 radical (unpaired) electrons. The third kappa shape index (κ3) is 3.08. The Morgan fingerprint density at radius 3 is 1.68 bits per heavy atom.